The summed E-state index contributed by atoms with van der Waals surface area (Å²) in [5, 5.41) is 0. The van der Waals surface area contributed by atoms with Crippen molar-refractivity contribution in [1.29, 1.82) is 0 Å². The van der Waals surface area contributed by atoms with Gasteiger partial charge in [0.1, 0.15) is 23.0 Å². The monoisotopic (exact) mass is 1030 g/mol. The van der Waals surface area contributed by atoms with Crippen LogP contribution in [-0.2, 0) is 0 Å². The van der Waals surface area contributed by atoms with E-state index in [0.29, 0.717) is 0 Å². The number of para-hydroxylation sites is 4. The zero-order valence-electron chi connectivity index (χ0n) is 45.2. The lowest BCUT2D eigenvalue weighted by Gasteiger charge is -2.12. The molecular formula is C68H70MgN4O4. The highest BCUT2D eigenvalue weighted by molar-refractivity contribution is 6.01. The van der Waals surface area contributed by atoms with Crippen molar-refractivity contribution in [3.8, 4) is 67.5 Å². The van der Waals surface area contributed by atoms with E-state index in [1.54, 1.807) is 0 Å². The van der Waals surface area contributed by atoms with Crippen LogP contribution in [0.1, 0.15) is 128 Å². The summed E-state index contributed by atoms with van der Waals surface area (Å²) in [7, 11) is 0. The highest BCUT2D eigenvalue weighted by Crippen LogP contribution is 2.44. The Balaban J connectivity index is 0.00000784. The third kappa shape index (κ3) is 13.7. The summed E-state index contributed by atoms with van der Waals surface area (Å²) in [6.07, 6.45) is 36.7. The minimum absolute atomic E-state index is 0. The molecule has 8 nitrogen and oxygen atoms in total. The van der Waals surface area contributed by atoms with Crippen LogP contribution in [-0.4, -0.2) is 43.0 Å². The molecular weight excluding hydrogens is 961 g/mol. The molecule has 2 radical (unpaired) electrons. The van der Waals surface area contributed by atoms with E-state index in [2.05, 4.69) is 159 Å². The molecule has 0 atom stereocenters. The smallest absolute Gasteiger partial charge is 0.134 e. The topological polar surface area (TPSA) is 94.3 Å². The lowest BCUT2D eigenvalue weighted by Crippen LogP contribution is -1.93. The Labute approximate surface area is 471 Å². The Morgan fingerprint density at radius 3 is 0.805 bits per heavy atom. The van der Waals surface area contributed by atoms with Gasteiger partial charge in [-0.15, -0.1) is 0 Å². The molecule has 5 heterocycles. The molecule has 3 aromatic heterocycles. The average Bonchev–Trinajstić information content (AvgIpc) is 4.33. The maximum absolute atomic E-state index is 6.51. The van der Waals surface area contributed by atoms with Crippen molar-refractivity contribution in [2.24, 2.45) is 0 Å². The van der Waals surface area contributed by atoms with Crippen LogP contribution in [0.4, 0.5) is 0 Å². The minimum Gasteiger partial charge on any atom is -0.465 e. The van der Waals surface area contributed by atoms with Crippen molar-refractivity contribution in [3.63, 3.8) is 0 Å². The summed E-state index contributed by atoms with van der Waals surface area (Å²) in [5.41, 5.74) is 13.6. The zero-order valence-corrected chi connectivity index (χ0v) is 46.6. The van der Waals surface area contributed by atoms with Gasteiger partial charge in [-0.05, 0) is 149 Å². The van der Waals surface area contributed by atoms with Crippen molar-refractivity contribution in [1.82, 2.24) is 19.9 Å². The van der Waals surface area contributed by atoms with Crippen molar-refractivity contribution in [2.75, 3.05) is 0 Å². The van der Waals surface area contributed by atoms with Gasteiger partial charge in [0, 0.05) is 89.6 Å². The third-order valence-corrected chi connectivity index (χ3v) is 13.4. The molecule has 2 aliphatic heterocycles. The fourth-order valence-corrected chi connectivity index (χ4v) is 9.49. The van der Waals surface area contributed by atoms with Gasteiger partial charge in [-0.25, -0.2) is 9.97 Å². The zero-order chi connectivity index (χ0) is 52.3. The van der Waals surface area contributed by atoms with Crippen LogP contribution in [0.3, 0.4) is 0 Å². The maximum Gasteiger partial charge on any atom is 0.134 e. The van der Waals surface area contributed by atoms with E-state index in [-0.39, 0.29) is 23.1 Å². The maximum atomic E-state index is 6.51. The number of fused-ring (bicyclic) bond motifs is 8. The number of unbranched alkanes of at least 4 members (excludes halogenated alkanes) is 8. The fourth-order valence-electron chi connectivity index (χ4n) is 9.49. The Hall–Kier alpha value is -7.59. The van der Waals surface area contributed by atoms with E-state index in [4.69, 9.17) is 28.9 Å². The lowest BCUT2D eigenvalue weighted by atomic mass is 10.0. The molecule has 7 aromatic rings. The largest absolute Gasteiger partial charge is 0.465 e. The summed E-state index contributed by atoms with van der Waals surface area (Å²) in [4.78, 5) is 19.0. The number of aromatic amines is 2. The first-order valence-electron chi connectivity index (χ1n) is 27.4. The predicted octanol–water partition coefficient (Wildman–Crippen LogP) is 19.3. The second kappa shape index (κ2) is 28.5. The highest BCUT2D eigenvalue weighted by Gasteiger charge is 2.23. The van der Waals surface area contributed by atoms with Crippen LogP contribution in [0.5, 0.6) is 23.0 Å². The van der Waals surface area contributed by atoms with Crippen LogP contribution in [0.25, 0.3) is 90.9 Å². The van der Waals surface area contributed by atoms with Crippen molar-refractivity contribution >= 4 is 69.4 Å². The molecule has 0 fully saturated rings. The van der Waals surface area contributed by atoms with Gasteiger partial charge in [0.05, 0.1) is 47.8 Å². The van der Waals surface area contributed by atoms with Crippen LogP contribution in [0.15, 0.2) is 171 Å². The van der Waals surface area contributed by atoms with E-state index < -0.39 is 0 Å². The first kappa shape index (κ1) is 55.6. The van der Waals surface area contributed by atoms with E-state index in [1.165, 1.54) is 0 Å². The molecule has 0 saturated carbocycles. The molecule has 2 aliphatic rings. The third-order valence-electron chi connectivity index (χ3n) is 13.4. The summed E-state index contributed by atoms with van der Waals surface area (Å²) in [6.45, 7) is 8.80. The van der Waals surface area contributed by atoms with E-state index in [9.17, 15) is 0 Å². The Morgan fingerprint density at radius 2 is 0.571 bits per heavy atom. The summed E-state index contributed by atoms with van der Waals surface area (Å²) < 4.78 is 26.0. The first-order chi connectivity index (χ1) is 37.6. The molecule has 2 N–H and O–H groups in total. The lowest BCUT2D eigenvalue weighted by molar-refractivity contribution is 0.479. The minimum atomic E-state index is 0. The summed E-state index contributed by atoms with van der Waals surface area (Å²) in [6, 6.07) is 41.3. The molecule has 0 unspecified atom stereocenters. The molecule has 0 saturated heterocycles. The summed E-state index contributed by atoms with van der Waals surface area (Å²) >= 11 is 0. The molecule has 9 heteroatoms. The number of nitrogens with zero attached hydrogens (tertiary/aromatic N) is 2. The van der Waals surface area contributed by atoms with Crippen LogP contribution >= 0.6 is 0 Å². The van der Waals surface area contributed by atoms with Gasteiger partial charge >= 0.3 is 0 Å². The normalized spacial score (nSPS) is 12.1. The molecule has 77 heavy (non-hydrogen) atoms. The van der Waals surface area contributed by atoms with Crippen LogP contribution in [0.2, 0.25) is 0 Å². The van der Waals surface area contributed by atoms with Gasteiger partial charge in [0.15, 0.2) is 0 Å². The van der Waals surface area contributed by atoms with Gasteiger partial charge in [0.25, 0.3) is 0 Å². The fraction of sp³-hybridized carbons (Fsp3) is 0.235. The molecule has 0 amide bonds. The Kier molecular flexibility index (Phi) is 20.6. The molecule has 0 spiro atoms. The van der Waals surface area contributed by atoms with Gasteiger partial charge in [0.2, 0.25) is 0 Å². The number of ether oxygens (including phenoxy) is 4. The molecule has 0 aliphatic carbocycles. The van der Waals surface area contributed by atoms with Crippen LogP contribution in [0, 0.1) is 0 Å². The second-order valence-electron chi connectivity index (χ2n) is 19.0. The van der Waals surface area contributed by atoms with Crippen molar-refractivity contribution < 1.29 is 18.9 Å². The molecule has 388 valence electrons. The Bertz CT molecular complexity index is 3020. The van der Waals surface area contributed by atoms with E-state index in [0.717, 1.165) is 189 Å². The molecule has 4 aromatic carbocycles. The van der Waals surface area contributed by atoms with Crippen LogP contribution < -0.4 is 18.9 Å². The summed E-state index contributed by atoms with van der Waals surface area (Å²) in [5.74, 6) is 2.87. The molecule has 8 bridgehead atoms. The average molecular weight is 1030 g/mol. The van der Waals surface area contributed by atoms with Crippen molar-refractivity contribution in [2.45, 2.75) is 105 Å². The second-order valence-corrected chi connectivity index (χ2v) is 19.0. The number of rotatable bonds is 24. The van der Waals surface area contributed by atoms with Gasteiger partial charge in [-0.2, -0.15) is 0 Å². The number of benzene rings is 4. The quantitative estimate of drug-likeness (QED) is 0.0356. The van der Waals surface area contributed by atoms with E-state index >= 15 is 0 Å². The number of hydrogen-bond donors (Lipinski definition) is 2. The number of nitrogens with one attached hydrogen (secondary N) is 2. The number of allylic oxidation sites excluding steroid dienone is 4. The van der Waals surface area contributed by atoms with Gasteiger partial charge < -0.3 is 28.9 Å². The van der Waals surface area contributed by atoms with Gasteiger partial charge in [-0.3, -0.25) is 0 Å². The van der Waals surface area contributed by atoms with E-state index in [1.807, 2.05) is 73.6 Å². The molecule has 9 rings (SSSR count). The number of aromatic nitrogens is 4. The number of H-pyrrole nitrogens is 2. The van der Waals surface area contributed by atoms with Gasteiger partial charge in [-0.1, -0.05) is 126 Å². The predicted molar refractivity (Wildman–Crippen MR) is 324 cm³/mol. The first-order valence-corrected chi connectivity index (χ1v) is 27.4. The Morgan fingerprint density at radius 1 is 0.338 bits per heavy atom. The van der Waals surface area contributed by atoms with Crippen molar-refractivity contribution in [3.05, 3.63) is 193 Å². The standard InChI is InChI=1S/C68H70N4O4.Mg/c1-5-9-13-25-45-73-61-33-21-17-29-49(61)65-53-37-39-55(69-53)66(50-30-18-22-34-62(50)74-46-26-14-10-6-2)57-41-43-59(71-57)68(52-32-20-24-36-64(52)76-48-28-16-12-8-4)60-44-42-58(72-60)67(56-40-38-54(65)70-56)51-31-19-23-35-63(51)75-47-27-15-11-7-3;/h17-48,69,72H,5-16H2,1-4H3;. The number of hydrogen-bond acceptors (Lipinski definition) is 6. The SMILES string of the molecule is CCCCC=COc1ccccc1-c1c2nc(c(-c3ccccc3OC=CCCCC)c3ccc([nH]3)c(-c3ccccc3OC=CCCCC)c3nc(c(-c4ccccc4OC=CCCCC)c4ccc1[nH]4)C=C3)C=C2.[Mg]. The highest BCUT2D eigenvalue weighted by atomic mass is 24.3.